The molecule has 0 aliphatic rings. The number of aryl methyl sites for hydroxylation is 1. The molecule has 0 aliphatic heterocycles. The van der Waals surface area contributed by atoms with E-state index in [0.29, 0.717) is 5.76 Å². The second-order valence-corrected chi connectivity index (χ2v) is 4.43. The highest BCUT2D eigenvalue weighted by atomic mass is 16.4. The van der Waals surface area contributed by atoms with Crippen LogP contribution in [0.15, 0.2) is 26.8 Å². The summed E-state index contributed by atoms with van der Waals surface area (Å²) in [6.45, 7) is 3.32. The Morgan fingerprint density at radius 1 is 1.52 bits per heavy atom. The van der Waals surface area contributed by atoms with Gasteiger partial charge in [-0.15, -0.1) is 5.10 Å². The van der Waals surface area contributed by atoms with E-state index < -0.39 is 11.7 Å². The fourth-order valence-corrected chi connectivity index (χ4v) is 1.69. The van der Waals surface area contributed by atoms with Crippen molar-refractivity contribution in [1.29, 1.82) is 5.41 Å². The highest BCUT2D eigenvalue weighted by Crippen LogP contribution is 2.05. The third kappa shape index (κ3) is 3.40. The van der Waals surface area contributed by atoms with Crippen molar-refractivity contribution in [3.63, 3.8) is 0 Å². The quantitative estimate of drug-likeness (QED) is 0.287. The van der Waals surface area contributed by atoms with E-state index in [1.165, 1.54) is 13.1 Å². The number of amidine groups is 1. The van der Waals surface area contributed by atoms with Crippen LogP contribution in [0.5, 0.6) is 0 Å². The van der Waals surface area contributed by atoms with Gasteiger partial charge in [-0.2, -0.15) is 9.78 Å². The Kier molecular flexibility index (Phi) is 4.50. The number of aromatic nitrogens is 3. The first-order chi connectivity index (χ1) is 10.9. The molecule has 0 radical (unpaired) electrons. The lowest BCUT2D eigenvalue weighted by molar-refractivity contribution is 0.0949. The third-order valence-electron chi connectivity index (χ3n) is 2.78. The topological polar surface area (TPSA) is 170 Å². The minimum absolute atomic E-state index is 0.0276. The summed E-state index contributed by atoms with van der Waals surface area (Å²) < 4.78 is 6.30. The zero-order valence-electron chi connectivity index (χ0n) is 12.4. The second kappa shape index (κ2) is 6.51. The summed E-state index contributed by atoms with van der Waals surface area (Å²) in [5.74, 6) is -0.0951. The molecule has 11 nitrogen and oxygen atoms in total. The number of carbonyl (C=O) groups is 1. The van der Waals surface area contributed by atoms with E-state index in [1.54, 1.807) is 19.1 Å². The molecule has 1 amide bonds. The fraction of sp³-hybridized carbons (Fsp3) is 0.167. The van der Waals surface area contributed by atoms with Gasteiger partial charge in [-0.05, 0) is 26.0 Å². The number of hydrazone groups is 1. The minimum atomic E-state index is -0.610. The average Bonchev–Trinajstić information content (AvgIpc) is 3.06. The molecule has 0 saturated heterocycles. The molecule has 0 saturated carbocycles. The van der Waals surface area contributed by atoms with Gasteiger partial charge >= 0.3 is 0 Å². The zero-order valence-corrected chi connectivity index (χ0v) is 12.4. The molecule has 0 aromatic carbocycles. The molecule has 2 heterocycles. The Balaban J connectivity index is 2.13. The van der Waals surface area contributed by atoms with E-state index in [2.05, 4.69) is 26.0 Å². The number of hydrogen-bond donors (Lipinski definition) is 3. The van der Waals surface area contributed by atoms with Crippen LogP contribution in [0.25, 0.3) is 0 Å². The van der Waals surface area contributed by atoms with Crippen molar-refractivity contribution in [3.8, 4) is 0 Å². The lowest BCUT2D eigenvalue weighted by Crippen LogP contribution is -2.31. The molecule has 23 heavy (non-hydrogen) atoms. The smallest absolute Gasteiger partial charge is 0.293 e. The molecule has 120 valence electrons. The molecule has 0 atom stereocenters. The van der Waals surface area contributed by atoms with Crippen molar-refractivity contribution < 1.29 is 14.4 Å². The molecular formula is C12H15N8O3+. The number of nitrogens with two attached hydrogens (primary N) is 1. The number of nitrogens with one attached hydrogen (secondary N) is 2. The van der Waals surface area contributed by atoms with Gasteiger partial charge in [0.2, 0.25) is 0 Å². The average molecular weight is 319 g/mol. The van der Waals surface area contributed by atoms with Crippen LogP contribution >= 0.6 is 0 Å². The summed E-state index contributed by atoms with van der Waals surface area (Å²) in [4.78, 5) is 12.0. The Hall–Kier alpha value is -3.50. The van der Waals surface area contributed by atoms with E-state index in [-0.39, 0.29) is 17.2 Å². The van der Waals surface area contributed by atoms with Gasteiger partial charge in [0.15, 0.2) is 11.5 Å². The standard InChI is InChI=1S/C12H14N8O3/c1-6-3-4-8(23-6)5-15-17-12(21)9-7(2)20(19-16-9)11(18-22)10(13)14/h3-5,22H,1-2H3,(H3,13,14)(H,17,21)/p+1/b15-5+,18-11+. The summed E-state index contributed by atoms with van der Waals surface area (Å²) in [7, 11) is 0. The van der Waals surface area contributed by atoms with E-state index in [0.717, 1.165) is 10.4 Å². The van der Waals surface area contributed by atoms with Crippen LogP contribution in [-0.4, -0.2) is 44.0 Å². The van der Waals surface area contributed by atoms with Crippen molar-refractivity contribution in [1.82, 2.24) is 20.4 Å². The van der Waals surface area contributed by atoms with Crippen LogP contribution in [0.4, 0.5) is 0 Å². The predicted molar refractivity (Wildman–Crippen MR) is 81.6 cm³/mol. The molecule has 6 N–H and O–H groups in total. The maximum atomic E-state index is 12.0. The van der Waals surface area contributed by atoms with E-state index in [4.69, 9.17) is 20.8 Å². The Labute approximate surface area is 130 Å². The molecule has 0 fully saturated rings. The van der Waals surface area contributed by atoms with Crippen molar-refractivity contribution in [2.45, 2.75) is 13.8 Å². The van der Waals surface area contributed by atoms with Gasteiger partial charge in [0.1, 0.15) is 11.5 Å². The highest BCUT2D eigenvalue weighted by molar-refractivity contribution is 6.39. The first-order valence-electron chi connectivity index (χ1n) is 6.35. The van der Waals surface area contributed by atoms with Gasteiger partial charge in [-0.1, -0.05) is 5.21 Å². The monoisotopic (exact) mass is 319 g/mol. The molecule has 0 spiro atoms. The SMILES string of the molecule is Cc1ccc(/C=N/NC(=O)c2nnn(/C(=N/[OH2+])C(=N)N)c2C)o1. The molecule has 2 aromatic heterocycles. The maximum Gasteiger partial charge on any atom is 0.293 e. The molecule has 0 aliphatic carbocycles. The van der Waals surface area contributed by atoms with Crippen LogP contribution in [0, 0.1) is 19.3 Å². The predicted octanol–water partition coefficient (Wildman–Crippen LogP) is -0.926. The summed E-state index contributed by atoms with van der Waals surface area (Å²) >= 11 is 0. The number of carbonyl (C=O) groups excluding carboxylic acids is 1. The highest BCUT2D eigenvalue weighted by Gasteiger charge is 2.21. The lowest BCUT2D eigenvalue weighted by atomic mass is 10.3. The Morgan fingerprint density at radius 2 is 2.26 bits per heavy atom. The molecular weight excluding hydrogens is 304 g/mol. The summed E-state index contributed by atoms with van der Waals surface area (Å²) in [5.41, 5.74) is 7.81. The van der Waals surface area contributed by atoms with Crippen LogP contribution in [-0.2, 0) is 0 Å². The van der Waals surface area contributed by atoms with Gasteiger partial charge in [0.25, 0.3) is 11.7 Å². The molecule has 2 rings (SSSR count). The minimum Gasteiger partial charge on any atom is -0.467 e. The van der Waals surface area contributed by atoms with Crippen LogP contribution in [0.3, 0.4) is 0 Å². The summed E-state index contributed by atoms with van der Waals surface area (Å²) in [6.07, 6.45) is 1.34. The second-order valence-electron chi connectivity index (χ2n) is 4.43. The number of nitrogens with zero attached hydrogens (tertiary/aromatic N) is 5. The van der Waals surface area contributed by atoms with Gasteiger partial charge in [0.05, 0.1) is 17.1 Å². The Morgan fingerprint density at radius 3 is 2.83 bits per heavy atom. The largest absolute Gasteiger partial charge is 0.467 e. The van der Waals surface area contributed by atoms with Crippen molar-refractivity contribution in [2.75, 3.05) is 0 Å². The first kappa shape index (κ1) is 15.9. The van der Waals surface area contributed by atoms with Gasteiger partial charge in [0, 0.05) is 0 Å². The number of rotatable bonds is 3. The maximum absolute atomic E-state index is 12.0. The summed E-state index contributed by atoms with van der Waals surface area (Å²) in [6, 6.07) is 3.47. The van der Waals surface area contributed by atoms with Crippen LogP contribution in [0.2, 0.25) is 0 Å². The van der Waals surface area contributed by atoms with E-state index in [1.807, 2.05) is 0 Å². The molecule has 0 bridgehead atoms. The van der Waals surface area contributed by atoms with Crippen molar-refractivity contribution >= 4 is 23.8 Å². The van der Waals surface area contributed by atoms with E-state index in [9.17, 15) is 4.79 Å². The van der Waals surface area contributed by atoms with Crippen molar-refractivity contribution in [2.24, 2.45) is 16.0 Å². The van der Waals surface area contributed by atoms with Crippen LogP contribution < -0.4 is 11.2 Å². The van der Waals surface area contributed by atoms with Crippen molar-refractivity contribution in [3.05, 3.63) is 35.0 Å². The van der Waals surface area contributed by atoms with Gasteiger partial charge in [-0.25, -0.2) is 5.43 Å². The normalized spacial score (nSPS) is 11.8. The number of furan rings is 1. The third-order valence-corrected chi connectivity index (χ3v) is 2.78. The number of hydrogen-bond acceptors (Lipinski definition) is 7. The van der Waals surface area contributed by atoms with Gasteiger partial charge in [-0.3, -0.25) is 10.2 Å². The van der Waals surface area contributed by atoms with Crippen LogP contribution in [0.1, 0.15) is 27.7 Å². The zero-order chi connectivity index (χ0) is 17.0. The van der Waals surface area contributed by atoms with Gasteiger partial charge < -0.3 is 15.4 Å². The van der Waals surface area contributed by atoms with E-state index >= 15 is 0 Å². The number of amides is 1. The summed E-state index contributed by atoms with van der Waals surface area (Å²) in [5, 5.41) is 28.5. The fourth-order valence-electron chi connectivity index (χ4n) is 1.69. The lowest BCUT2D eigenvalue weighted by Gasteiger charge is -2.01. The molecule has 11 heteroatoms. The Bertz CT molecular complexity index is 801. The molecule has 2 aromatic rings. The molecule has 0 unspecified atom stereocenters. The first-order valence-corrected chi connectivity index (χ1v) is 6.35.